The molecule has 0 saturated carbocycles. The molecule has 1 heterocycles. The zero-order valence-electron chi connectivity index (χ0n) is 10.4. The molecule has 0 aliphatic rings. The highest BCUT2D eigenvalue weighted by molar-refractivity contribution is 5.07. The third-order valence-corrected chi connectivity index (χ3v) is 2.35. The van der Waals surface area contributed by atoms with E-state index in [4.69, 9.17) is 4.74 Å². The first-order valence-corrected chi connectivity index (χ1v) is 5.96. The van der Waals surface area contributed by atoms with Gasteiger partial charge in [0.15, 0.2) is 0 Å². The molecule has 3 heteroatoms. The minimum atomic E-state index is 0.306. The van der Waals surface area contributed by atoms with Gasteiger partial charge in [0.05, 0.1) is 11.8 Å². The Morgan fingerprint density at radius 2 is 2.12 bits per heavy atom. The molecular formula is C13H22N2O. The number of ether oxygens (including phenoxy) is 1. The van der Waals surface area contributed by atoms with Crippen LogP contribution in [0, 0.1) is 0 Å². The number of hydrogen-bond donors (Lipinski definition) is 1. The second kappa shape index (κ2) is 7.36. The van der Waals surface area contributed by atoms with Crippen LogP contribution in [-0.2, 0) is 4.74 Å². The van der Waals surface area contributed by atoms with E-state index in [1.54, 1.807) is 0 Å². The topological polar surface area (TPSA) is 34.1 Å². The Morgan fingerprint density at radius 1 is 1.31 bits per heavy atom. The number of nitrogens with one attached hydrogen (secondary N) is 1. The van der Waals surface area contributed by atoms with E-state index in [-0.39, 0.29) is 0 Å². The van der Waals surface area contributed by atoms with Crippen LogP contribution in [0.2, 0.25) is 0 Å². The number of aromatic nitrogens is 1. The predicted molar refractivity (Wildman–Crippen MR) is 66.4 cm³/mol. The van der Waals surface area contributed by atoms with Crippen molar-refractivity contribution in [3.8, 4) is 0 Å². The summed E-state index contributed by atoms with van der Waals surface area (Å²) in [5.74, 6) is 0. The average molecular weight is 222 g/mol. The molecule has 0 amide bonds. The van der Waals surface area contributed by atoms with Crippen LogP contribution < -0.4 is 5.32 Å². The standard InChI is InChI=1S/C13H22N2O/c1-11(2)16-10-6-9-14-12(3)13-7-4-5-8-15-13/h4-5,7-8,11-12,14H,6,9-10H2,1-3H3. The molecule has 1 aromatic heterocycles. The lowest BCUT2D eigenvalue weighted by Crippen LogP contribution is -2.22. The van der Waals surface area contributed by atoms with Gasteiger partial charge in [-0.15, -0.1) is 0 Å². The largest absolute Gasteiger partial charge is 0.379 e. The molecule has 0 aromatic carbocycles. The van der Waals surface area contributed by atoms with Gasteiger partial charge in [-0.05, 0) is 45.9 Å². The summed E-state index contributed by atoms with van der Waals surface area (Å²) in [5, 5.41) is 3.43. The van der Waals surface area contributed by atoms with Crippen molar-refractivity contribution in [1.82, 2.24) is 10.3 Å². The lowest BCUT2D eigenvalue weighted by molar-refractivity contribution is 0.0767. The van der Waals surface area contributed by atoms with Crippen molar-refractivity contribution >= 4 is 0 Å². The summed E-state index contributed by atoms with van der Waals surface area (Å²) in [5.41, 5.74) is 1.09. The van der Waals surface area contributed by atoms with Gasteiger partial charge < -0.3 is 10.1 Å². The van der Waals surface area contributed by atoms with E-state index in [0.29, 0.717) is 12.1 Å². The van der Waals surface area contributed by atoms with Crippen LogP contribution in [0.4, 0.5) is 0 Å². The van der Waals surface area contributed by atoms with Gasteiger partial charge in [0, 0.05) is 18.8 Å². The normalized spacial score (nSPS) is 13.0. The van der Waals surface area contributed by atoms with E-state index in [0.717, 1.165) is 25.3 Å². The van der Waals surface area contributed by atoms with Crippen molar-refractivity contribution in [2.24, 2.45) is 0 Å². The Kier molecular flexibility index (Phi) is 6.04. The number of rotatable bonds is 7. The monoisotopic (exact) mass is 222 g/mol. The quantitative estimate of drug-likeness (QED) is 0.720. The molecule has 90 valence electrons. The highest BCUT2D eigenvalue weighted by Gasteiger charge is 2.04. The molecule has 0 spiro atoms. The number of nitrogens with zero attached hydrogens (tertiary/aromatic N) is 1. The number of hydrogen-bond acceptors (Lipinski definition) is 3. The Balaban J connectivity index is 2.14. The van der Waals surface area contributed by atoms with Crippen molar-refractivity contribution in [3.05, 3.63) is 30.1 Å². The minimum absolute atomic E-state index is 0.306. The van der Waals surface area contributed by atoms with Crippen molar-refractivity contribution in [2.45, 2.75) is 39.3 Å². The van der Waals surface area contributed by atoms with Crippen LogP contribution >= 0.6 is 0 Å². The van der Waals surface area contributed by atoms with Gasteiger partial charge in [0.1, 0.15) is 0 Å². The van der Waals surface area contributed by atoms with E-state index in [2.05, 4.69) is 31.1 Å². The zero-order valence-corrected chi connectivity index (χ0v) is 10.4. The van der Waals surface area contributed by atoms with Gasteiger partial charge in [0.2, 0.25) is 0 Å². The fourth-order valence-corrected chi connectivity index (χ4v) is 1.45. The SMILES string of the molecule is CC(C)OCCCNC(C)c1ccccn1. The molecule has 0 fully saturated rings. The van der Waals surface area contributed by atoms with E-state index >= 15 is 0 Å². The number of pyridine rings is 1. The van der Waals surface area contributed by atoms with Crippen LogP contribution in [0.25, 0.3) is 0 Å². The Labute approximate surface area is 98.2 Å². The van der Waals surface area contributed by atoms with Crippen LogP contribution in [0.3, 0.4) is 0 Å². The molecule has 1 aromatic rings. The first-order valence-electron chi connectivity index (χ1n) is 5.96. The molecule has 0 aliphatic heterocycles. The molecule has 1 rings (SSSR count). The molecule has 1 N–H and O–H groups in total. The summed E-state index contributed by atoms with van der Waals surface area (Å²) in [7, 11) is 0. The van der Waals surface area contributed by atoms with Crippen molar-refractivity contribution < 1.29 is 4.74 Å². The van der Waals surface area contributed by atoms with Gasteiger partial charge in [-0.25, -0.2) is 0 Å². The molecular weight excluding hydrogens is 200 g/mol. The van der Waals surface area contributed by atoms with Crippen LogP contribution in [0.15, 0.2) is 24.4 Å². The molecule has 0 aliphatic carbocycles. The summed E-state index contributed by atoms with van der Waals surface area (Å²) >= 11 is 0. The lowest BCUT2D eigenvalue weighted by atomic mass is 10.2. The predicted octanol–water partition coefficient (Wildman–Crippen LogP) is 2.55. The maximum atomic E-state index is 5.47. The highest BCUT2D eigenvalue weighted by atomic mass is 16.5. The minimum Gasteiger partial charge on any atom is -0.379 e. The molecule has 16 heavy (non-hydrogen) atoms. The third-order valence-electron chi connectivity index (χ3n) is 2.35. The Bertz CT molecular complexity index is 275. The van der Waals surface area contributed by atoms with Crippen LogP contribution in [0.5, 0.6) is 0 Å². The summed E-state index contributed by atoms with van der Waals surface area (Å²) in [6.45, 7) is 8.03. The van der Waals surface area contributed by atoms with E-state index in [1.165, 1.54) is 0 Å². The first-order chi connectivity index (χ1) is 7.70. The van der Waals surface area contributed by atoms with Gasteiger partial charge in [-0.2, -0.15) is 0 Å². The molecule has 0 radical (unpaired) electrons. The van der Waals surface area contributed by atoms with E-state index in [9.17, 15) is 0 Å². The van der Waals surface area contributed by atoms with E-state index < -0.39 is 0 Å². The Hall–Kier alpha value is -0.930. The van der Waals surface area contributed by atoms with E-state index in [1.807, 2.05) is 24.4 Å². The second-order valence-corrected chi connectivity index (χ2v) is 4.20. The molecule has 0 bridgehead atoms. The second-order valence-electron chi connectivity index (χ2n) is 4.20. The Morgan fingerprint density at radius 3 is 2.75 bits per heavy atom. The van der Waals surface area contributed by atoms with Crippen molar-refractivity contribution in [2.75, 3.05) is 13.2 Å². The van der Waals surface area contributed by atoms with Gasteiger partial charge in [-0.1, -0.05) is 6.07 Å². The summed E-state index contributed by atoms with van der Waals surface area (Å²) < 4.78 is 5.47. The maximum Gasteiger partial charge on any atom is 0.0570 e. The van der Waals surface area contributed by atoms with Crippen LogP contribution in [-0.4, -0.2) is 24.2 Å². The fourth-order valence-electron chi connectivity index (χ4n) is 1.45. The summed E-state index contributed by atoms with van der Waals surface area (Å²) in [6, 6.07) is 6.30. The van der Waals surface area contributed by atoms with Gasteiger partial charge in [-0.3, -0.25) is 4.98 Å². The molecule has 1 unspecified atom stereocenters. The lowest BCUT2D eigenvalue weighted by Gasteiger charge is -2.13. The fraction of sp³-hybridized carbons (Fsp3) is 0.615. The first kappa shape index (κ1) is 13.1. The maximum absolute atomic E-state index is 5.47. The highest BCUT2D eigenvalue weighted by Crippen LogP contribution is 2.07. The van der Waals surface area contributed by atoms with Gasteiger partial charge >= 0.3 is 0 Å². The molecule has 3 nitrogen and oxygen atoms in total. The van der Waals surface area contributed by atoms with Crippen molar-refractivity contribution in [3.63, 3.8) is 0 Å². The third kappa shape index (κ3) is 5.24. The smallest absolute Gasteiger partial charge is 0.0570 e. The van der Waals surface area contributed by atoms with Gasteiger partial charge in [0.25, 0.3) is 0 Å². The van der Waals surface area contributed by atoms with Crippen molar-refractivity contribution in [1.29, 1.82) is 0 Å². The van der Waals surface area contributed by atoms with Crippen LogP contribution in [0.1, 0.15) is 38.9 Å². The molecule has 1 atom stereocenters. The molecule has 0 saturated heterocycles. The average Bonchev–Trinajstić information content (AvgIpc) is 2.29. The summed E-state index contributed by atoms with van der Waals surface area (Å²) in [6.07, 6.45) is 3.19. The summed E-state index contributed by atoms with van der Waals surface area (Å²) in [4.78, 5) is 4.31. The zero-order chi connectivity index (χ0) is 11.8.